The lowest BCUT2D eigenvalue weighted by molar-refractivity contribution is -0.117. The largest absolute Gasteiger partial charge is 0.399 e. The van der Waals surface area contributed by atoms with E-state index in [4.69, 9.17) is 5.73 Å². The minimum absolute atomic E-state index is 0.128. The zero-order valence-corrected chi connectivity index (χ0v) is 11.9. The second-order valence-electron chi connectivity index (χ2n) is 4.67. The van der Waals surface area contributed by atoms with Gasteiger partial charge in [-0.05, 0) is 41.5 Å². The van der Waals surface area contributed by atoms with Crippen LogP contribution in [0.5, 0.6) is 0 Å². The maximum atomic E-state index is 12.1. The first-order valence-corrected chi connectivity index (χ1v) is 6.86. The molecule has 2 N–H and O–H groups in total. The van der Waals surface area contributed by atoms with Crippen LogP contribution in [0.3, 0.4) is 0 Å². The van der Waals surface area contributed by atoms with E-state index >= 15 is 0 Å². The van der Waals surface area contributed by atoms with Crippen molar-refractivity contribution in [2.24, 2.45) is 0 Å². The average molecular weight is 317 g/mol. The third-order valence-corrected chi connectivity index (χ3v) is 3.82. The highest BCUT2D eigenvalue weighted by Gasteiger charge is 2.27. The molecule has 0 aromatic heterocycles. The number of rotatable bonds is 2. The van der Waals surface area contributed by atoms with Crippen molar-refractivity contribution in [2.75, 3.05) is 10.6 Å². The SMILES string of the molecule is Nc1ccc2c(c1)CC(=O)N2Cc1ccc(Br)cc1. The van der Waals surface area contributed by atoms with Gasteiger partial charge in [0.1, 0.15) is 0 Å². The summed E-state index contributed by atoms with van der Waals surface area (Å²) in [5.74, 6) is 0.128. The van der Waals surface area contributed by atoms with Gasteiger partial charge in [0.2, 0.25) is 5.91 Å². The summed E-state index contributed by atoms with van der Waals surface area (Å²) in [5.41, 5.74) is 9.56. The first kappa shape index (κ1) is 12.2. The number of amides is 1. The van der Waals surface area contributed by atoms with Gasteiger partial charge in [-0.3, -0.25) is 4.79 Å². The van der Waals surface area contributed by atoms with Crippen molar-refractivity contribution in [3.63, 3.8) is 0 Å². The lowest BCUT2D eigenvalue weighted by Gasteiger charge is -2.17. The molecule has 0 aliphatic carbocycles. The Morgan fingerprint density at radius 3 is 2.63 bits per heavy atom. The summed E-state index contributed by atoms with van der Waals surface area (Å²) >= 11 is 3.41. The summed E-state index contributed by atoms with van der Waals surface area (Å²) in [4.78, 5) is 13.9. The molecule has 1 aliphatic heterocycles. The molecule has 2 aromatic carbocycles. The van der Waals surface area contributed by atoms with Gasteiger partial charge in [0.15, 0.2) is 0 Å². The van der Waals surface area contributed by atoms with Crippen molar-refractivity contribution >= 4 is 33.2 Å². The quantitative estimate of drug-likeness (QED) is 0.865. The van der Waals surface area contributed by atoms with Crippen LogP contribution in [0.25, 0.3) is 0 Å². The van der Waals surface area contributed by atoms with E-state index in [1.165, 1.54) is 0 Å². The van der Waals surface area contributed by atoms with Gasteiger partial charge in [-0.1, -0.05) is 28.1 Å². The van der Waals surface area contributed by atoms with Crippen LogP contribution >= 0.6 is 15.9 Å². The lowest BCUT2D eigenvalue weighted by atomic mass is 10.1. The second kappa shape index (κ2) is 4.70. The molecule has 2 aromatic rings. The summed E-state index contributed by atoms with van der Waals surface area (Å²) < 4.78 is 1.04. The van der Waals surface area contributed by atoms with Crippen LogP contribution in [0.1, 0.15) is 11.1 Å². The highest BCUT2D eigenvalue weighted by molar-refractivity contribution is 9.10. The molecule has 0 saturated heterocycles. The predicted octanol–water partition coefficient (Wildman–Crippen LogP) is 3.12. The zero-order valence-electron chi connectivity index (χ0n) is 10.3. The van der Waals surface area contributed by atoms with Crippen LogP contribution in [-0.4, -0.2) is 5.91 Å². The Balaban J connectivity index is 1.90. The molecular formula is C15H13BrN2O. The lowest BCUT2D eigenvalue weighted by Crippen LogP contribution is -2.25. The zero-order chi connectivity index (χ0) is 13.4. The van der Waals surface area contributed by atoms with Crippen LogP contribution in [0.15, 0.2) is 46.9 Å². The van der Waals surface area contributed by atoms with Crippen LogP contribution in [0.4, 0.5) is 11.4 Å². The first-order valence-electron chi connectivity index (χ1n) is 6.07. The minimum atomic E-state index is 0.128. The molecule has 1 amide bonds. The fourth-order valence-corrected chi connectivity index (χ4v) is 2.61. The van der Waals surface area contributed by atoms with Crippen LogP contribution in [0, 0.1) is 0 Å². The van der Waals surface area contributed by atoms with Gasteiger partial charge in [0.25, 0.3) is 0 Å². The Morgan fingerprint density at radius 2 is 1.89 bits per heavy atom. The van der Waals surface area contributed by atoms with Gasteiger partial charge in [0, 0.05) is 15.8 Å². The van der Waals surface area contributed by atoms with Gasteiger partial charge in [-0.15, -0.1) is 0 Å². The Kier molecular flexibility index (Phi) is 3.03. The standard InChI is InChI=1S/C15H13BrN2O/c16-12-3-1-10(2-4-12)9-18-14-6-5-13(17)7-11(14)8-15(18)19/h1-7H,8-9,17H2. The number of benzene rings is 2. The number of hydrogen-bond acceptors (Lipinski definition) is 2. The van der Waals surface area contributed by atoms with Crippen molar-refractivity contribution < 1.29 is 4.79 Å². The number of nitrogen functional groups attached to an aromatic ring is 1. The van der Waals surface area contributed by atoms with Crippen molar-refractivity contribution in [3.05, 3.63) is 58.1 Å². The first-order chi connectivity index (χ1) is 9.13. The molecule has 0 radical (unpaired) electrons. The topological polar surface area (TPSA) is 46.3 Å². The number of hydrogen-bond donors (Lipinski definition) is 1. The van der Waals surface area contributed by atoms with E-state index in [1.54, 1.807) is 0 Å². The van der Waals surface area contributed by atoms with Gasteiger partial charge in [0.05, 0.1) is 13.0 Å². The van der Waals surface area contributed by atoms with Crippen molar-refractivity contribution in [1.82, 2.24) is 0 Å². The molecule has 96 valence electrons. The van der Waals surface area contributed by atoms with E-state index in [-0.39, 0.29) is 5.91 Å². The fourth-order valence-electron chi connectivity index (χ4n) is 2.35. The van der Waals surface area contributed by atoms with Gasteiger partial charge < -0.3 is 10.6 Å². The molecule has 0 fully saturated rings. The molecule has 1 aliphatic rings. The van der Waals surface area contributed by atoms with Crippen LogP contribution in [-0.2, 0) is 17.8 Å². The maximum Gasteiger partial charge on any atom is 0.231 e. The average Bonchev–Trinajstić information content (AvgIpc) is 2.68. The normalized spacial score (nSPS) is 13.7. The smallest absolute Gasteiger partial charge is 0.231 e. The maximum absolute atomic E-state index is 12.1. The summed E-state index contributed by atoms with van der Waals surface area (Å²) in [6.07, 6.45) is 0.441. The van der Waals surface area contributed by atoms with Crippen molar-refractivity contribution in [2.45, 2.75) is 13.0 Å². The molecule has 19 heavy (non-hydrogen) atoms. The number of nitrogens with two attached hydrogens (primary N) is 1. The molecule has 0 spiro atoms. The van der Waals surface area contributed by atoms with Crippen LogP contribution < -0.4 is 10.6 Å². The molecule has 3 rings (SSSR count). The van der Waals surface area contributed by atoms with Gasteiger partial charge >= 0.3 is 0 Å². The summed E-state index contributed by atoms with van der Waals surface area (Å²) in [6.45, 7) is 0.600. The highest BCUT2D eigenvalue weighted by atomic mass is 79.9. The van der Waals surface area contributed by atoms with E-state index in [2.05, 4.69) is 15.9 Å². The van der Waals surface area contributed by atoms with Crippen molar-refractivity contribution in [3.8, 4) is 0 Å². The highest BCUT2D eigenvalue weighted by Crippen LogP contribution is 2.31. The molecule has 3 nitrogen and oxygen atoms in total. The number of fused-ring (bicyclic) bond motifs is 1. The Labute approximate surface area is 120 Å². The second-order valence-corrected chi connectivity index (χ2v) is 5.59. The molecule has 0 unspecified atom stereocenters. The van der Waals surface area contributed by atoms with Crippen LogP contribution in [0.2, 0.25) is 0 Å². The number of halogens is 1. The number of anilines is 2. The molecule has 0 atom stereocenters. The molecule has 0 bridgehead atoms. The summed E-state index contributed by atoms with van der Waals surface area (Å²) in [7, 11) is 0. The third kappa shape index (κ3) is 2.36. The van der Waals surface area contributed by atoms with E-state index in [1.807, 2.05) is 47.4 Å². The Bertz CT molecular complexity index is 637. The predicted molar refractivity (Wildman–Crippen MR) is 79.9 cm³/mol. The van der Waals surface area contributed by atoms with Gasteiger partial charge in [-0.25, -0.2) is 0 Å². The number of nitrogens with zero attached hydrogens (tertiary/aromatic N) is 1. The molecular weight excluding hydrogens is 304 g/mol. The fraction of sp³-hybridized carbons (Fsp3) is 0.133. The van der Waals surface area contributed by atoms with Gasteiger partial charge in [-0.2, -0.15) is 0 Å². The molecule has 0 saturated carbocycles. The molecule has 1 heterocycles. The Morgan fingerprint density at radius 1 is 1.16 bits per heavy atom. The van der Waals surface area contributed by atoms with E-state index in [0.717, 1.165) is 21.3 Å². The number of carbonyl (C=O) groups is 1. The number of carbonyl (C=O) groups excluding carboxylic acids is 1. The van der Waals surface area contributed by atoms with Crippen molar-refractivity contribution in [1.29, 1.82) is 0 Å². The van der Waals surface area contributed by atoms with E-state index in [0.29, 0.717) is 18.7 Å². The Hall–Kier alpha value is -1.81. The monoisotopic (exact) mass is 316 g/mol. The third-order valence-electron chi connectivity index (χ3n) is 3.29. The molecule has 4 heteroatoms. The summed E-state index contributed by atoms with van der Waals surface area (Å²) in [5, 5.41) is 0. The van der Waals surface area contributed by atoms with E-state index < -0.39 is 0 Å². The van der Waals surface area contributed by atoms with E-state index in [9.17, 15) is 4.79 Å². The minimum Gasteiger partial charge on any atom is -0.399 e. The summed E-state index contributed by atoms with van der Waals surface area (Å²) in [6, 6.07) is 13.7.